The van der Waals surface area contributed by atoms with Crippen LogP contribution < -0.4 is 10.2 Å². The Kier molecular flexibility index (Phi) is 4.72. The average Bonchev–Trinajstić information content (AvgIpc) is 3.33. The molecule has 0 aromatic carbocycles. The quantitative estimate of drug-likeness (QED) is 0.729. The van der Waals surface area contributed by atoms with Crippen molar-refractivity contribution in [3.63, 3.8) is 0 Å². The van der Waals surface area contributed by atoms with E-state index in [9.17, 15) is 0 Å². The highest BCUT2D eigenvalue weighted by Crippen LogP contribution is 2.22. The molecule has 1 N–H and O–H groups in total. The van der Waals surface area contributed by atoms with Crippen molar-refractivity contribution in [1.29, 1.82) is 0 Å². The van der Waals surface area contributed by atoms with E-state index in [1.165, 1.54) is 0 Å². The van der Waals surface area contributed by atoms with Crippen molar-refractivity contribution in [2.45, 2.75) is 32.4 Å². The van der Waals surface area contributed by atoms with Crippen LogP contribution in [-0.4, -0.2) is 48.8 Å². The minimum absolute atomic E-state index is 0.306. The monoisotopic (exact) mass is 350 g/mol. The van der Waals surface area contributed by atoms with E-state index in [4.69, 9.17) is 4.98 Å². The Labute approximate surface area is 152 Å². The van der Waals surface area contributed by atoms with Crippen LogP contribution in [0.3, 0.4) is 0 Å². The Morgan fingerprint density at radius 1 is 1.23 bits per heavy atom. The van der Waals surface area contributed by atoms with Crippen molar-refractivity contribution >= 4 is 11.9 Å². The maximum atomic E-state index is 4.72. The fourth-order valence-electron chi connectivity index (χ4n) is 3.17. The van der Waals surface area contributed by atoms with Crippen LogP contribution in [0.5, 0.6) is 0 Å². The lowest BCUT2D eigenvalue weighted by Crippen LogP contribution is -2.28. The molecular weight excluding hydrogens is 328 g/mol. The second kappa shape index (κ2) is 7.47. The van der Waals surface area contributed by atoms with Crippen molar-refractivity contribution < 1.29 is 0 Å². The van der Waals surface area contributed by atoms with Crippen LogP contribution >= 0.6 is 0 Å². The van der Waals surface area contributed by atoms with Crippen LogP contribution in [0.2, 0.25) is 0 Å². The molecule has 0 spiro atoms. The largest absolute Gasteiger partial charge is 0.350 e. The van der Waals surface area contributed by atoms with E-state index >= 15 is 0 Å². The topological polar surface area (TPSA) is 84.7 Å². The Morgan fingerprint density at radius 2 is 2.19 bits per heavy atom. The number of rotatable bonds is 6. The summed E-state index contributed by atoms with van der Waals surface area (Å²) in [6, 6.07) is 6.15. The zero-order chi connectivity index (χ0) is 17.8. The van der Waals surface area contributed by atoms with E-state index in [-0.39, 0.29) is 0 Å². The van der Waals surface area contributed by atoms with Gasteiger partial charge in [-0.3, -0.25) is 4.98 Å². The molecular formula is C18H22N8. The first-order chi connectivity index (χ1) is 12.8. The molecule has 1 unspecified atom stereocenters. The third-order valence-electron chi connectivity index (χ3n) is 4.46. The minimum atomic E-state index is 0.306. The predicted molar refractivity (Wildman–Crippen MR) is 99.8 cm³/mol. The Hall–Kier alpha value is -3.03. The smallest absolute Gasteiger partial charge is 0.225 e. The van der Waals surface area contributed by atoms with Crippen molar-refractivity contribution in [3.05, 3.63) is 43.1 Å². The molecule has 4 heterocycles. The summed E-state index contributed by atoms with van der Waals surface area (Å²) in [6.45, 7) is 4.76. The predicted octanol–water partition coefficient (Wildman–Crippen LogP) is 2.23. The average molecular weight is 350 g/mol. The van der Waals surface area contributed by atoms with Crippen LogP contribution in [0.1, 0.15) is 19.8 Å². The van der Waals surface area contributed by atoms with Crippen LogP contribution in [0.25, 0.3) is 11.3 Å². The lowest BCUT2D eigenvalue weighted by molar-refractivity contribution is 0.600. The summed E-state index contributed by atoms with van der Waals surface area (Å²) in [7, 11) is 0. The minimum Gasteiger partial charge on any atom is -0.350 e. The number of nitrogens with zero attached hydrogens (tertiary/aromatic N) is 7. The standard InChI is InChI=1S/C18H22N8/c1-2-9-26-18(21-13-22-26)23-15-6-10-25(12-15)17-20-8-5-16(24-17)14-4-3-7-19-11-14/h3-5,7-8,11,13,15H,2,6,9-10,12H2,1H3,(H,21,22,23). The molecule has 3 aromatic heterocycles. The Morgan fingerprint density at radius 3 is 3.04 bits per heavy atom. The van der Waals surface area contributed by atoms with Gasteiger partial charge in [0, 0.05) is 49.8 Å². The number of hydrogen-bond acceptors (Lipinski definition) is 7. The Balaban J connectivity index is 1.45. The second-order valence-corrected chi connectivity index (χ2v) is 6.37. The number of pyridine rings is 1. The summed E-state index contributed by atoms with van der Waals surface area (Å²) in [4.78, 5) is 19.9. The summed E-state index contributed by atoms with van der Waals surface area (Å²) < 4.78 is 1.92. The SMILES string of the molecule is CCCn1ncnc1NC1CCN(c2nccc(-c3cccnc3)n2)C1. The van der Waals surface area contributed by atoms with Crippen molar-refractivity contribution in [2.24, 2.45) is 0 Å². The van der Waals surface area contributed by atoms with Gasteiger partial charge in [0.05, 0.1) is 5.69 Å². The molecule has 4 rings (SSSR count). The molecule has 1 aliphatic heterocycles. The van der Waals surface area contributed by atoms with E-state index in [2.05, 4.69) is 37.2 Å². The molecule has 0 amide bonds. The molecule has 1 fully saturated rings. The molecule has 26 heavy (non-hydrogen) atoms. The van der Waals surface area contributed by atoms with E-state index in [0.717, 1.165) is 55.6 Å². The molecule has 8 nitrogen and oxygen atoms in total. The van der Waals surface area contributed by atoms with Gasteiger partial charge >= 0.3 is 0 Å². The van der Waals surface area contributed by atoms with Crippen LogP contribution in [0.15, 0.2) is 43.1 Å². The molecule has 8 heteroatoms. The summed E-state index contributed by atoms with van der Waals surface area (Å²) >= 11 is 0. The fourth-order valence-corrected chi connectivity index (χ4v) is 3.17. The highest BCUT2D eigenvalue weighted by molar-refractivity contribution is 5.58. The summed E-state index contributed by atoms with van der Waals surface area (Å²) in [5, 5.41) is 7.77. The first kappa shape index (κ1) is 16.4. The highest BCUT2D eigenvalue weighted by atomic mass is 15.4. The fraction of sp³-hybridized carbons (Fsp3) is 0.389. The lowest BCUT2D eigenvalue weighted by Gasteiger charge is -2.18. The van der Waals surface area contributed by atoms with Gasteiger partial charge in [-0.2, -0.15) is 10.1 Å². The van der Waals surface area contributed by atoms with Gasteiger partial charge in [0.25, 0.3) is 0 Å². The van der Waals surface area contributed by atoms with Gasteiger partial charge in [-0.1, -0.05) is 6.92 Å². The molecule has 0 saturated carbocycles. The van der Waals surface area contributed by atoms with E-state index in [0.29, 0.717) is 6.04 Å². The van der Waals surface area contributed by atoms with E-state index < -0.39 is 0 Å². The number of aryl methyl sites for hydroxylation is 1. The molecule has 1 saturated heterocycles. The normalized spacial score (nSPS) is 16.8. The number of anilines is 2. The first-order valence-electron chi connectivity index (χ1n) is 8.96. The van der Waals surface area contributed by atoms with E-state index in [1.807, 2.05) is 35.3 Å². The van der Waals surface area contributed by atoms with Gasteiger partial charge in [-0.05, 0) is 31.0 Å². The van der Waals surface area contributed by atoms with Crippen molar-refractivity contribution in [2.75, 3.05) is 23.3 Å². The van der Waals surface area contributed by atoms with Gasteiger partial charge in [0.2, 0.25) is 11.9 Å². The zero-order valence-electron chi connectivity index (χ0n) is 14.8. The van der Waals surface area contributed by atoms with Crippen molar-refractivity contribution in [3.8, 4) is 11.3 Å². The number of hydrogen-bond donors (Lipinski definition) is 1. The lowest BCUT2D eigenvalue weighted by atomic mass is 10.2. The third-order valence-corrected chi connectivity index (χ3v) is 4.46. The third kappa shape index (κ3) is 3.49. The second-order valence-electron chi connectivity index (χ2n) is 6.37. The Bertz CT molecular complexity index is 847. The summed E-state index contributed by atoms with van der Waals surface area (Å²) in [6.07, 6.45) is 9.04. The van der Waals surface area contributed by atoms with Gasteiger partial charge in [0.1, 0.15) is 6.33 Å². The van der Waals surface area contributed by atoms with Crippen LogP contribution in [0.4, 0.5) is 11.9 Å². The molecule has 0 aliphatic carbocycles. The molecule has 0 bridgehead atoms. The van der Waals surface area contributed by atoms with Crippen molar-refractivity contribution in [1.82, 2.24) is 29.7 Å². The van der Waals surface area contributed by atoms with Gasteiger partial charge in [0.15, 0.2) is 0 Å². The van der Waals surface area contributed by atoms with Gasteiger partial charge in [-0.15, -0.1) is 0 Å². The molecule has 1 aliphatic rings. The number of aromatic nitrogens is 6. The highest BCUT2D eigenvalue weighted by Gasteiger charge is 2.25. The van der Waals surface area contributed by atoms with E-state index in [1.54, 1.807) is 12.5 Å². The summed E-state index contributed by atoms with van der Waals surface area (Å²) in [5.41, 5.74) is 1.89. The maximum Gasteiger partial charge on any atom is 0.225 e. The maximum absolute atomic E-state index is 4.72. The summed E-state index contributed by atoms with van der Waals surface area (Å²) in [5.74, 6) is 1.59. The first-order valence-corrected chi connectivity index (χ1v) is 8.96. The van der Waals surface area contributed by atoms with Crippen LogP contribution in [0, 0.1) is 0 Å². The molecule has 1 atom stereocenters. The molecule has 0 radical (unpaired) electrons. The van der Waals surface area contributed by atoms with Gasteiger partial charge in [-0.25, -0.2) is 14.6 Å². The number of nitrogens with one attached hydrogen (secondary N) is 1. The molecule has 3 aromatic rings. The van der Waals surface area contributed by atoms with Crippen LogP contribution in [-0.2, 0) is 6.54 Å². The van der Waals surface area contributed by atoms with Gasteiger partial charge < -0.3 is 10.2 Å². The molecule has 134 valence electrons. The zero-order valence-corrected chi connectivity index (χ0v) is 14.8.